The number of rotatable bonds is 6. The van der Waals surface area contributed by atoms with Crippen LogP contribution in [0.25, 0.3) is 0 Å². The van der Waals surface area contributed by atoms with Crippen LogP contribution in [0.2, 0.25) is 0 Å². The van der Waals surface area contributed by atoms with Gasteiger partial charge in [-0.05, 0) is 43.9 Å². The Labute approximate surface area is 154 Å². The maximum atomic E-state index is 14.2. The van der Waals surface area contributed by atoms with Crippen molar-refractivity contribution >= 4 is 17.5 Å². The van der Waals surface area contributed by atoms with Crippen molar-refractivity contribution < 1.29 is 14.0 Å². The van der Waals surface area contributed by atoms with Crippen molar-refractivity contribution in [2.75, 3.05) is 31.1 Å². The summed E-state index contributed by atoms with van der Waals surface area (Å²) in [6, 6.07) is 5.33. The molecule has 1 fully saturated rings. The van der Waals surface area contributed by atoms with E-state index in [9.17, 15) is 14.0 Å². The summed E-state index contributed by atoms with van der Waals surface area (Å²) < 4.78 is 14.2. The number of fused-ring (bicyclic) bond motifs is 1. The fraction of sp³-hybridized carbons (Fsp3) is 0.600. The molecule has 3 rings (SSSR count). The largest absolute Gasteiger partial charge is 0.353 e. The third-order valence-corrected chi connectivity index (χ3v) is 5.38. The fourth-order valence-electron chi connectivity index (χ4n) is 3.88. The molecule has 1 saturated heterocycles. The summed E-state index contributed by atoms with van der Waals surface area (Å²) in [5.74, 6) is -0.167. The van der Waals surface area contributed by atoms with Gasteiger partial charge in [0.15, 0.2) is 0 Å². The number of halogens is 1. The van der Waals surface area contributed by atoms with Crippen molar-refractivity contribution in [2.45, 2.75) is 51.5 Å². The van der Waals surface area contributed by atoms with E-state index in [1.165, 1.54) is 6.07 Å². The van der Waals surface area contributed by atoms with Gasteiger partial charge in [0, 0.05) is 38.5 Å². The third kappa shape index (κ3) is 4.41. The molecule has 0 aromatic heterocycles. The first-order chi connectivity index (χ1) is 12.6. The average molecular weight is 361 g/mol. The van der Waals surface area contributed by atoms with E-state index in [4.69, 9.17) is 0 Å². The molecule has 142 valence electrons. The van der Waals surface area contributed by atoms with Gasteiger partial charge in [-0.1, -0.05) is 19.1 Å². The van der Waals surface area contributed by atoms with E-state index < -0.39 is 0 Å². The quantitative estimate of drug-likeness (QED) is 0.847. The normalized spacial score (nSPS) is 18.7. The highest BCUT2D eigenvalue weighted by Gasteiger charge is 2.27. The van der Waals surface area contributed by atoms with Crippen LogP contribution in [0.5, 0.6) is 0 Å². The second-order valence-corrected chi connectivity index (χ2v) is 7.18. The van der Waals surface area contributed by atoms with E-state index >= 15 is 0 Å². The van der Waals surface area contributed by atoms with E-state index in [0.717, 1.165) is 44.5 Å². The second-order valence-electron chi connectivity index (χ2n) is 7.18. The number of amides is 2. The van der Waals surface area contributed by atoms with Crippen LogP contribution in [0.15, 0.2) is 18.2 Å². The number of anilines is 1. The molecule has 6 heteroatoms. The van der Waals surface area contributed by atoms with Gasteiger partial charge in [-0.15, -0.1) is 0 Å². The SMILES string of the molecule is CCC(=O)NC1CCN(CCCN2C(=O)CCc3cccc(F)c32)CC1. The molecule has 1 aromatic rings. The lowest BCUT2D eigenvalue weighted by molar-refractivity contribution is -0.121. The van der Waals surface area contributed by atoms with Crippen LogP contribution in [0.1, 0.15) is 44.6 Å². The number of para-hydroxylation sites is 1. The number of aryl methyl sites for hydroxylation is 1. The van der Waals surface area contributed by atoms with Gasteiger partial charge >= 0.3 is 0 Å². The fourth-order valence-corrected chi connectivity index (χ4v) is 3.88. The van der Waals surface area contributed by atoms with E-state index in [0.29, 0.717) is 31.5 Å². The van der Waals surface area contributed by atoms with Gasteiger partial charge in [0.25, 0.3) is 0 Å². The van der Waals surface area contributed by atoms with Crippen LogP contribution < -0.4 is 10.2 Å². The number of hydrogen-bond donors (Lipinski definition) is 1. The minimum Gasteiger partial charge on any atom is -0.353 e. The van der Waals surface area contributed by atoms with Gasteiger partial charge in [-0.2, -0.15) is 0 Å². The van der Waals surface area contributed by atoms with E-state index in [1.54, 1.807) is 11.0 Å². The summed E-state index contributed by atoms with van der Waals surface area (Å²) in [7, 11) is 0. The third-order valence-electron chi connectivity index (χ3n) is 5.38. The van der Waals surface area contributed by atoms with Crippen LogP contribution in [0.3, 0.4) is 0 Å². The number of piperidine rings is 1. The van der Waals surface area contributed by atoms with Crippen LogP contribution >= 0.6 is 0 Å². The van der Waals surface area contributed by atoms with Crippen LogP contribution in [0, 0.1) is 5.82 Å². The Morgan fingerprint density at radius 3 is 2.73 bits per heavy atom. The minimum atomic E-state index is -0.303. The molecular weight excluding hydrogens is 333 g/mol. The Morgan fingerprint density at radius 2 is 2.00 bits per heavy atom. The number of carbonyl (C=O) groups excluding carboxylic acids is 2. The summed E-state index contributed by atoms with van der Waals surface area (Å²) >= 11 is 0. The number of hydrogen-bond acceptors (Lipinski definition) is 3. The Kier molecular flexibility index (Phi) is 6.25. The molecular formula is C20H28FN3O2. The van der Waals surface area contributed by atoms with Crippen molar-refractivity contribution in [3.63, 3.8) is 0 Å². The second kappa shape index (κ2) is 8.62. The molecule has 0 saturated carbocycles. The molecule has 26 heavy (non-hydrogen) atoms. The summed E-state index contributed by atoms with van der Waals surface area (Å²) in [5.41, 5.74) is 1.40. The van der Waals surface area contributed by atoms with Crippen LogP contribution in [0.4, 0.5) is 10.1 Å². The molecule has 2 heterocycles. The lowest BCUT2D eigenvalue weighted by Crippen LogP contribution is -2.45. The van der Waals surface area contributed by atoms with E-state index in [2.05, 4.69) is 10.2 Å². The Hall–Kier alpha value is -1.95. The first-order valence-electron chi connectivity index (χ1n) is 9.68. The molecule has 1 aromatic carbocycles. The molecule has 0 atom stereocenters. The maximum Gasteiger partial charge on any atom is 0.227 e. The molecule has 0 spiro atoms. The number of likely N-dealkylation sites (tertiary alicyclic amines) is 1. The van der Waals surface area contributed by atoms with Crippen molar-refractivity contribution in [1.82, 2.24) is 10.2 Å². The molecule has 0 radical (unpaired) electrons. The average Bonchev–Trinajstić information content (AvgIpc) is 2.65. The topological polar surface area (TPSA) is 52.7 Å². The highest BCUT2D eigenvalue weighted by Crippen LogP contribution is 2.30. The standard InChI is InChI=1S/C20H28FN3O2/c1-2-18(25)22-16-9-13-23(14-10-16)11-4-12-24-19(26)8-7-15-5-3-6-17(21)20(15)24/h3,5-6,16H,2,4,7-14H2,1H3,(H,22,25). The predicted molar refractivity (Wildman–Crippen MR) is 99.6 cm³/mol. The molecule has 0 aliphatic carbocycles. The molecule has 1 N–H and O–H groups in total. The molecule has 2 amide bonds. The van der Waals surface area contributed by atoms with Crippen LogP contribution in [-0.4, -0.2) is 48.9 Å². The van der Waals surface area contributed by atoms with Crippen molar-refractivity contribution in [3.8, 4) is 0 Å². The van der Waals surface area contributed by atoms with Gasteiger partial charge in [0.05, 0.1) is 5.69 Å². The zero-order valence-electron chi connectivity index (χ0n) is 15.5. The van der Waals surface area contributed by atoms with Gasteiger partial charge in [-0.25, -0.2) is 4.39 Å². The molecule has 5 nitrogen and oxygen atoms in total. The minimum absolute atomic E-state index is 0.0172. The zero-order chi connectivity index (χ0) is 18.5. The Balaban J connectivity index is 1.48. The lowest BCUT2D eigenvalue weighted by Gasteiger charge is -2.34. The van der Waals surface area contributed by atoms with Gasteiger partial charge in [0.1, 0.15) is 5.82 Å². The lowest BCUT2D eigenvalue weighted by atomic mass is 10.0. The summed E-state index contributed by atoms with van der Waals surface area (Å²) in [4.78, 5) is 27.7. The first kappa shape index (κ1) is 18.8. The molecule has 2 aliphatic heterocycles. The molecule has 2 aliphatic rings. The van der Waals surface area contributed by atoms with Crippen molar-refractivity contribution in [2.24, 2.45) is 0 Å². The number of benzene rings is 1. The smallest absolute Gasteiger partial charge is 0.227 e. The van der Waals surface area contributed by atoms with E-state index in [1.807, 2.05) is 13.0 Å². The first-order valence-corrected chi connectivity index (χ1v) is 9.68. The zero-order valence-corrected chi connectivity index (χ0v) is 15.5. The van der Waals surface area contributed by atoms with E-state index in [-0.39, 0.29) is 23.7 Å². The van der Waals surface area contributed by atoms with Crippen molar-refractivity contribution in [3.05, 3.63) is 29.6 Å². The van der Waals surface area contributed by atoms with Gasteiger partial charge < -0.3 is 15.1 Å². The monoisotopic (exact) mass is 361 g/mol. The summed E-state index contributed by atoms with van der Waals surface area (Å²) in [6.07, 6.45) is 4.36. The predicted octanol–water partition coefficient (Wildman–Crippen LogP) is 2.49. The van der Waals surface area contributed by atoms with Crippen molar-refractivity contribution in [1.29, 1.82) is 0 Å². The maximum absolute atomic E-state index is 14.2. The summed E-state index contributed by atoms with van der Waals surface area (Å²) in [5, 5.41) is 3.06. The highest BCUT2D eigenvalue weighted by atomic mass is 19.1. The Morgan fingerprint density at radius 1 is 1.23 bits per heavy atom. The van der Waals surface area contributed by atoms with Gasteiger partial charge in [-0.3, -0.25) is 9.59 Å². The van der Waals surface area contributed by atoms with Crippen LogP contribution in [-0.2, 0) is 16.0 Å². The number of nitrogens with one attached hydrogen (secondary N) is 1. The Bertz CT molecular complexity index is 656. The molecule has 0 bridgehead atoms. The number of carbonyl (C=O) groups is 2. The number of nitrogens with zero attached hydrogens (tertiary/aromatic N) is 2. The molecule has 0 unspecified atom stereocenters. The summed E-state index contributed by atoms with van der Waals surface area (Å²) in [6.45, 7) is 5.22. The van der Waals surface area contributed by atoms with Gasteiger partial charge in [0.2, 0.25) is 11.8 Å². The highest BCUT2D eigenvalue weighted by molar-refractivity contribution is 5.96.